The minimum Gasteiger partial charge on any atom is -0.355 e. The standard InChI is InChI=1S/C15H21N3O2/c1-10-8-12(6-7-17-10)15(20)18-13-5-3-4-11(9-13)14(19)16-2/h3-5,9-10,12,17H,6-8H2,1-2H3,(H,16,19)(H,18,20)/t10-,12-/m0/s1. The molecule has 1 aromatic rings. The maximum Gasteiger partial charge on any atom is 0.251 e. The molecule has 0 aromatic heterocycles. The number of nitrogens with one attached hydrogen (secondary N) is 3. The molecule has 2 amide bonds. The molecule has 0 saturated carbocycles. The smallest absolute Gasteiger partial charge is 0.251 e. The average molecular weight is 275 g/mol. The van der Waals surface area contributed by atoms with Crippen LogP contribution in [0.5, 0.6) is 0 Å². The summed E-state index contributed by atoms with van der Waals surface area (Å²) in [7, 11) is 1.59. The predicted octanol–water partition coefficient (Wildman–Crippen LogP) is 1.37. The van der Waals surface area contributed by atoms with Gasteiger partial charge in [0.15, 0.2) is 0 Å². The second-order valence-electron chi connectivity index (χ2n) is 5.23. The highest BCUT2D eigenvalue weighted by Gasteiger charge is 2.24. The summed E-state index contributed by atoms with van der Waals surface area (Å²) in [5.41, 5.74) is 1.21. The van der Waals surface area contributed by atoms with Gasteiger partial charge in [-0.05, 0) is 44.5 Å². The van der Waals surface area contributed by atoms with Gasteiger partial charge in [0.1, 0.15) is 0 Å². The van der Waals surface area contributed by atoms with Gasteiger partial charge in [0.25, 0.3) is 5.91 Å². The number of hydrogen-bond donors (Lipinski definition) is 3. The molecule has 0 bridgehead atoms. The number of benzene rings is 1. The van der Waals surface area contributed by atoms with Crippen molar-refractivity contribution in [2.24, 2.45) is 5.92 Å². The Morgan fingerprint density at radius 2 is 2.15 bits per heavy atom. The summed E-state index contributed by atoms with van der Waals surface area (Å²) in [6.45, 7) is 2.96. The summed E-state index contributed by atoms with van der Waals surface area (Å²) >= 11 is 0. The Labute approximate surface area is 119 Å². The first-order valence-electron chi connectivity index (χ1n) is 6.96. The van der Waals surface area contributed by atoms with E-state index in [9.17, 15) is 9.59 Å². The number of carbonyl (C=O) groups excluding carboxylic acids is 2. The quantitative estimate of drug-likeness (QED) is 0.780. The third kappa shape index (κ3) is 3.57. The lowest BCUT2D eigenvalue weighted by Gasteiger charge is -2.27. The zero-order valence-corrected chi connectivity index (χ0v) is 11.9. The van der Waals surface area contributed by atoms with E-state index in [1.54, 1.807) is 31.3 Å². The number of carbonyl (C=O) groups is 2. The minimum atomic E-state index is -0.156. The van der Waals surface area contributed by atoms with E-state index in [2.05, 4.69) is 22.9 Å². The Kier molecular flexibility index (Phi) is 4.74. The lowest BCUT2D eigenvalue weighted by atomic mass is 9.92. The molecule has 0 spiro atoms. The summed E-state index contributed by atoms with van der Waals surface area (Å²) in [4.78, 5) is 23.8. The summed E-state index contributed by atoms with van der Waals surface area (Å²) in [5.74, 6) is -0.0843. The molecule has 5 nitrogen and oxygen atoms in total. The molecule has 1 aliphatic rings. The van der Waals surface area contributed by atoms with Gasteiger partial charge in [-0.25, -0.2) is 0 Å². The number of hydrogen-bond acceptors (Lipinski definition) is 3. The Morgan fingerprint density at radius 1 is 1.35 bits per heavy atom. The molecule has 0 unspecified atom stereocenters. The largest absolute Gasteiger partial charge is 0.355 e. The van der Waals surface area contributed by atoms with Crippen LogP contribution in [0.3, 0.4) is 0 Å². The second-order valence-corrected chi connectivity index (χ2v) is 5.23. The lowest BCUT2D eigenvalue weighted by molar-refractivity contribution is -0.120. The molecule has 2 rings (SSSR count). The van der Waals surface area contributed by atoms with Gasteiger partial charge in [-0.1, -0.05) is 6.07 Å². The molecule has 1 aliphatic heterocycles. The fraction of sp³-hybridized carbons (Fsp3) is 0.467. The minimum absolute atomic E-state index is 0.0346. The summed E-state index contributed by atoms with van der Waals surface area (Å²) < 4.78 is 0. The van der Waals surface area contributed by atoms with Gasteiger partial charge in [0.2, 0.25) is 5.91 Å². The molecule has 1 saturated heterocycles. The molecule has 3 N–H and O–H groups in total. The van der Waals surface area contributed by atoms with Crippen molar-refractivity contribution in [3.8, 4) is 0 Å². The molecule has 5 heteroatoms. The first-order valence-corrected chi connectivity index (χ1v) is 6.96. The van der Waals surface area contributed by atoms with Crippen molar-refractivity contribution in [1.82, 2.24) is 10.6 Å². The molecule has 1 fully saturated rings. The summed E-state index contributed by atoms with van der Waals surface area (Å²) in [5, 5.41) is 8.81. The number of piperidine rings is 1. The van der Waals surface area contributed by atoms with E-state index in [0.717, 1.165) is 19.4 Å². The first-order chi connectivity index (χ1) is 9.60. The van der Waals surface area contributed by atoms with Gasteiger partial charge in [-0.2, -0.15) is 0 Å². The maximum absolute atomic E-state index is 12.2. The van der Waals surface area contributed by atoms with Gasteiger partial charge in [-0.3, -0.25) is 9.59 Å². The Balaban J connectivity index is 2.02. The van der Waals surface area contributed by atoms with E-state index in [-0.39, 0.29) is 17.7 Å². The van der Waals surface area contributed by atoms with E-state index in [1.807, 2.05) is 0 Å². The molecular weight excluding hydrogens is 254 g/mol. The van der Waals surface area contributed by atoms with Crippen LogP contribution in [0.4, 0.5) is 5.69 Å². The maximum atomic E-state index is 12.2. The average Bonchev–Trinajstić information content (AvgIpc) is 2.46. The van der Waals surface area contributed by atoms with Crippen molar-refractivity contribution in [3.63, 3.8) is 0 Å². The molecule has 2 atom stereocenters. The first kappa shape index (κ1) is 14.5. The molecule has 1 heterocycles. The van der Waals surface area contributed by atoms with Crippen LogP contribution in [0, 0.1) is 5.92 Å². The van der Waals surface area contributed by atoms with E-state index >= 15 is 0 Å². The van der Waals surface area contributed by atoms with Crippen molar-refractivity contribution >= 4 is 17.5 Å². The zero-order chi connectivity index (χ0) is 14.5. The predicted molar refractivity (Wildman–Crippen MR) is 78.7 cm³/mol. The Bertz CT molecular complexity index is 502. The lowest BCUT2D eigenvalue weighted by Crippen LogP contribution is -2.40. The highest BCUT2D eigenvalue weighted by Crippen LogP contribution is 2.19. The van der Waals surface area contributed by atoms with Gasteiger partial charge in [-0.15, -0.1) is 0 Å². The third-order valence-electron chi connectivity index (χ3n) is 3.61. The van der Waals surface area contributed by atoms with Crippen molar-refractivity contribution < 1.29 is 9.59 Å². The van der Waals surface area contributed by atoms with E-state index in [1.165, 1.54) is 0 Å². The van der Waals surface area contributed by atoms with E-state index < -0.39 is 0 Å². The van der Waals surface area contributed by atoms with Gasteiger partial charge in [0.05, 0.1) is 0 Å². The van der Waals surface area contributed by atoms with Crippen molar-refractivity contribution in [2.45, 2.75) is 25.8 Å². The fourth-order valence-corrected chi connectivity index (χ4v) is 2.50. The number of amides is 2. The normalized spacial score (nSPS) is 22.1. The monoisotopic (exact) mass is 275 g/mol. The highest BCUT2D eigenvalue weighted by molar-refractivity contribution is 5.97. The van der Waals surface area contributed by atoms with Crippen LogP contribution < -0.4 is 16.0 Å². The molecule has 108 valence electrons. The number of rotatable bonds is 3. The van der Waals surface area contributed by atoms with E-state index in [4.69, 9.17) is 0 Å². The van der Waals surface area contributed by atoms with Crippen LogP contribution in [0.2, 0.25) is 0 Å². The van der Waals surface area contributed by atoms with Crippen LogP contribution >= 0.6 is 0 Å². The van der Waals surface area contributed by atoms with Crippen molar-refractivity contribution in [3.05, 3.63) is 29.8 Å². The Hall–Kier alpha value is -1.88. The van der Waals surface area contributed by atoms with Gasteiger partial charge < -0.3 is 16.0 Å². The molecule has 0 aliphatic carbocycles. The molecule has 0 radical (unpaired) electrons. The molecule has 1 aromatic carbocycles. The molecule has 20 heavy (non-hydrogen) atoms. The van der Waals surface area contributed by atoms with E-state index in [0.29, 0.717) is 17.3 Å². The highest BCUT2D eigenvalue weighted by atomic mass is 16.2. The molecular formula is C15H21N3O2. The fourth-order valence-electron chi connectivity index (χ4n) is 2.50. The number of anilines is 1. The van der Waals surface area contributed by atoms with Crippen LogP contribution in [0.25, 0.3) is 0 Å². The summed E-state index contributed by atoms with van der Waals surface area (Å²) in [6.07, 6.45) is 1.70. The van der Waals surface area contributed by atoms with Crippen LogP contribution in [-0.4, -0.2) is 31.4 Å². The zero-order valence-electron chi connectivity index (χ0n) is 11.9. The van der Waals surface area contributed by atoms with Gasteiger partial charge in [0, 0.05) is 30.3 Å². The summed E-state index contributed by atoms with van der Waals surface area (Å²) in [6, 6.07) is 7.36. The van der Waals surface area contributed by atoms with Crippen LogP contribution in [-0.2, 0) is 4.79 Å². The third-order valence-corrected chi connectivity index (χ3v) is 3.61. The van der Waals surface area contributed by atoms with Gasteiger partial charge >= 0.3 is 0 Å². The van der Waals surface area contributed by atoms with Crippen molar-refractivity contribution in [1.29, 1.82) is 0 Å². The van der Waals surface area contributed by atoms with Crippen LogP contribution in [0.1, 0.15) is 30.1 Å². The van der Waals surface area contributed by atoms with Crippen molar-refractivity contribution in [2.75, 3.05) is 18.9 Å². The topological polar surface area (TPSA) is 70.2 Å². The SMILES string of the molecule is CNC(=O)c1cccc(NC(=O)[C@H]2CCN[C@@H](C)C2)c1. The van der Waals surface area contributed by atoms with Crippen LogP contribution in [0.15, 0.2) is 24.3 Å². The Morgan fingerprint density at radius 3 is 2.85 bits per heavy atom. The second kappa shape index (κ2) is 6.52.